The van der Waals surface area contributed by atoms with Crippen LogP contribution in [0.5, 0.6) is 0 Å². The number of alkyl halides is 2. The normalized spacial score (nSPS) is 11.4. The summed E-state index contributed by atoms with van der Waals surface area (Å²) in [4.78, 5) is 24.4. The molecule has 8 heteroatoms. The van der Waals surface area contributed by atoms with E-state index in [9.17, 15) is 22.8 Å². The highest BCUT2D eigenvalue weighted by atomic mass is 19.3. The van der Waals surface area contributed by atoms with Crippen LogP contribution in [-0.2, 0) is 10.7 Å². The average Bonchev–Trinajstić information content (AvgIpc) is 2.41. The zero-order valence-electron chi connectivity index (χ0n) is 10.5. The molecule has 0 spiro atoms. The third-order valence-corrected chi connectivity index (χ3v) is 3.07. The lowest BCUT2D eigenvalue weighted by Crippen LogP contribution is -2.34. The number of nitrogens with zero attached hydrogens (tertiary/aromatic N) is 1. The number of aryl methyl sites for hydroxylation is 1. The topological polar surface area (TPSA) is 93.9 Å². The molecule has 1 heterocycles. The number of rotatable bonds is 2. The first kappa shape index (κ1) is 14.6. The number of hydrogen-bond acceptors (Lipinski definition) is 3. The second-order valence-electron chi connectivity index (χ2n) is 4.29. The molecule has 0 atom stereocenters. The van der Waals surface area contributed by atoms with E-state index in [2.05, 4.69) is 0 Å². The monoisotopic (exact) mass is 296 g/mol. The summed E-state index contributed by atoms with van der Waals surface area (Å²) >= 11 is 0. The van der Waals surface area contributed by atoms with E-state index in [-0.39, 0.29) is 16.5 Å². The van der Waals surface area contributed by atoms with Gasteiger partial charge in [0.2, 0.25) is 0 Å². The predicted octanol–water partition coefficient (Wildman–Crippen LogP) is 2.02. The average molecular weight is 296 g/mol. The molecule has 0 unspecified atom stereocenters. The van der Waals surface area contributed by atoms with Crippen molar-refractivity contribution in [1.82, 2.24) is 4.98 Å². The van der Waals surface area contributed by atoms with E-state index < -0.39 is 34.4 Å². The molecule has 5 nitrogen and oxygen atoms in total. The zero-order chi connectivity index (χ0) is 15.9. The molecule has 0 saturated heterocycles. The van der Waals surface area contributed by atoms with Crippen LogP contribution in [0.4, 0.5) is 13.2 Å². The van der Waals surface area contributed by atoms with Gasteiger partial charge in [0.1, 0.15) is 17.4 Å². The number of nitrogens with one attached hydrogen (secondary N) is 1. The molecule has 0 aliphatic rings. The second-order valence-corrected chi connectivity index (χ2v) is 4.29. The van der Waals surface area contributed by atoms with Crippen molar-refractivity contribution >= 4 is 16.9 Å². The van der Waals surface area contributed by atoms with Crippen LogP contribution in [0.1, 0.15) is 16.7 Å². The number of nitriles is 1. The maximum atomic E-state index is 13.7. The minimum absolute atomic E-state index is 0.0274. The van der Waals surface area contributed by atoms with Gasteiger partial charge in [-0.3, -0.25) is 4.79 Å². The minimum Gasteiger partial charge on any atom is -0.477 e. The summed E-state index contributed by atoms with van der Waals surface area (Å²) in [6.45, 7) is 1.24. The molecule has 0 saturated carbocycles. The van der Waals surface area contributed by atoms with Crippen molar-refractivity contribution in [2.75, 3.05) is 0 Å². The molecule has 21 heavy (non-hydrogen) atoms. The molecule has 1 aromatic heterocycles. The van der Waals surface area contributed by atoms with Gasteiger partial charge in [0, 0.05) is 5.39 Å². The Hall–Kier alpha value is -2.82. The van der Waals surface area contributed by atoms with Crippen LogP contribution in [0, 0.1) is 24.1 Å². The molecule has 0 bridgehead atoms. The largest absolute Gasteiger partial charge is 0.477 e. The van der Waals surface area contributed by atoms with Gasteiger partial charge in [-0.2, -0.15) is 14.0 Å². The SMILES string of the molecule is Cc1c(F)ccc2[nH]c(=O)c(C(F)(F)C(=O)O)c(C#N)c12. The van der Waals surface area contributed by atoms with Crippen molar-refractivity contribution < 1.29 is 23.1 Å². The third-order valence-electron chi connectivity index (χ3n) is 3.07. The first-order valence-electron chi connectivity index (χ1n) is 5.58. The fourth-order valence-electron chi connectivity index (χ4n) is 2.05. The maximum Gasteiger partial charge on any atom is 0.379 e. The van der Waals surface area contributed by atoms with Crippen molar-refractivity contribution in [3.8, 4) is 6.07 Å². The molecule has 2 aromatic rings. The Labute approximate surface area is 115 Å². The van der Waals surface area contributed by atoms with Crippen molar-refractivity contribution in [2.24, 2.45) is 0 Å². The lowest BCUT2D eigenvalue weighted by atomic mass is 9.96. The van der Waals surface area contributed by atoms with Crippen molar-refractivity contribution in [1.29, 1.82) is 5.26 Å². The van der Waals surface area contributed by atoms with Crippen LogP contribution in [0.25, 0.3) is 10.9 Å². The Balaban J connectivity index is 3.08. The quantitative estimate of drug-likeness (QED) is 0.886. The molecule has 0 aliphatic heterocycles. The minimum atomic E-state index is -4.56. The number of H-pyrrole nitrogens is 1. The number of aromatic amines is 1. The third kappa shape index (κ3) is 2.03. The number of carboxylic acids is 1. The van der Waals surface area contributed by atoms with Gasteiger partial charge in [0.25, 0.3) is 5.56 Å². The van der Waals surface area contributed by atoms with Gasteiger partial charge in [-0.25, -0.2) is 9.18 Å². The number of carbonyl (C=O) groups is 1. The number of hydrogen-bond donors (Lipinski definition) is 2. The van der Waals surface area contributed by atoms with Crippen LogP contribution < -0.4 is 5.56 Å². The molecule has 0 aliphatic carbocycles. The van der Waals surface area contributed by atoms with Crippen LogP contribution >= 0.6 is 0 Å². The fourth-order valence-corrected chi connectivity index (χ4v) is 2.05. The lowest BCUT2D eigenvalue weighted by molar-refractivity contribution is -0.166. The van der Waals surface area contributed by atoms with Gasteiger partial charge in [0.15, 0.2) is 0 Å². The van der Waals surface area contributed by atoms with E-state index in [1.54, 1.807) is 0 Å². The predicted molar refractivity (Wildman–Crippen MR) is 65.5 cm³/mol. The fraction of sp³-hybridized carbons (Fsp3) is 0.154. The Morgan fingerprint density at radius 1 is 1.43 bits per heavy atom. The molecule has 1 aromatic carbocycles. The summed E-state index contributed by atoms with van der Waals surface area (Å²) < 4.78 is 40.9. The standard InChI is InChI=1S/C13H7F3N2O3/c1-5-7(14)2-3-8-9(5)6(4-17)10(11(19)18-8)13(15,16)12(20)21/h2-3H,1H3,(H,18,19)(H,20,21). The first-order chi connectivity index (χ1) is 9.71. The molecule has 0 radical (unpaired) electrons. The number of fused-ring (bicyclic) bond motifs is 1. The number of halogens is 3. The highest BCUT2D eigenvalue weighted by Crippen LogP contribution is 2.32. The van der Waals surface area contributed by atoms with Gasteiger partial charge < -0.3 is 10.1 Å². The Kier molecular flexibility index (Phi) is 3.21. The highest BCUT2D eigenvalue weighted by molar-refractivity contribution is 5.91. The summed E-state index contributed by atoms with van der Waals surface area (Å²) in [5.74, 6) is -7.90. The van der Waals surface area contributed by atoms with Gasteiger partial charge in [-0.1, -0.05) is 0 Å². The van der Waals surface area contributed by atoms with Crippen molar-refractivity contribution in [2.45, 2.75) is 12.8 Å². The Bertz CT molecular complexity index is 866. The number of benzene rings is 1. The van der Waals surface area contributed by atoms with Crippen LogP contribution in [0.2, 0.25) is 0 Å². The van der Waals surface area contributed by atoms with E-state index in [0.29, 0.717) is 0 Å². The molecule has 2 N–H and O–H groups in total. The van der Waals surface area contributed by atoms with Gasteiger partial charge in [0.05, 0.1) is 11.1 Å². The smallest absolute Gasteiger partial charge is 0.379 e. The van der Waals surface area contributed by atoms with Gasteiger partial charge in [-0.15, -0.1) is 0 Å². The molecular weight excluding hydrogens is 289 g/mol. The number of pyridine rings is 1. The Morgan fingerprint density at radius 2 is 2.05 bits per heavy atom. The summed E-state index contributed by atoms with van der Waals surface area (Å²) in [6.07, 6.45) is 0. The van der Waals surface area contributed by atoms with E-state index in [4.69, 9.17) is 10.4 Å². The summed E-state index contributed by atoms with van der Waals surface area (Å²) in [5, 5.41) is 17.4. The number of carboxylic acid groups (broad SMARTS) is 1. The van der Waals surface area contributed by atoms with E-state index in [1.807, 2.05) is 4.98 Å². The molecule has 2 rings (SSSR count). The zero-order valence-corrected chi connectivity index (χ0v) is 10.5. The molecular formula is C13H7F3N2O3. The van der Waals surface area contributed by atoms with Gasteiger partial charge >= 0.3 is 11.9 Å². The summed E-state index contributed by atoms with van der Waals surface area (Å²) in [5.41, 5.74) is -3.92. The lowest BCUT2D eigenvalue weighted by Gasteiger charge is -2.14. The van der Waals surface area contributed by atoms with Crippen LogP contribution in [0.15, 0.2) is 16.9 Å². The highest BCUT2D eigenvalue weighted by Gasteiger charge is 2.46. The molecule has 0 amide bonds. The maximum absolute atomic E-state index is 13.7. The number of aliphatic carboxylic acids is 1. The first-order valence-corrected chi connectivity index (χ1v) is 5.58. The van der Waals surface area contributed by atoms with Crippen LogP contribution in [0.3, 0.4) is 0 Å². The van der Waals surface area contributed by atoms with E-state index >= 15 is 0 Å². The van der Waals surface area contributed by atoms with Gasteiger partial charge in [-0.05, 0) is 24.6 Å². The van der Waals surface area contributed by atoms with Crippen LogP contribution in [-0.4, -0.2) is 16.1 Å². The van der Waals surface area contributed by atoms with E-state index in [1.165, 1.54) is 13.0 Å². The molecule has 108 valence electrons. The van der Waals surface area contributed by atoms with Crippen molar-refractivity contribution in [3.63, 3.8) is 0 Å². The summed E-state index contributed by atoms with van der Waals surface area (Å²) in [6, 6.07) is 3.50. The summed E-state index contributed by atoms with van der Waals surface area (Å²) in [7, 11) is 0. The van der Waals surface area contributed by atoms with Crippen molar-refractivity contribution in [3.05, 3.63) is 45.0 Å². The number of aromatic nitrogens is 1. The van der Waals surface area contributed by atoms with E-state index in [0.717, 1.165) is 12.1 Å². The molecule has 0 fully saturated rings. The Morgan fingerprint density at radius 3 is 2.57 bits per heavy atom. The second kappa shape index (κ2) is 4.63.